The highest BCUT2D eigenvalue weighted by Gasteiger charge is 2.34. The second kappa shape index (κ2) is 7.86. The van der Waals surface area contributed by atoms with Gasteiger partial charge in [0.15, 0.2) is 0 Å². The zero-order valence-corrected chi connectivity index (χ0v) is 13.3. The van der Waals surface area contributed by atoms with E-state index in [1.54, 1.807) is 18.2 Å². The SMILES string of the molecule is O=C([C@@H](c1ccccc1F)N1CCOCC1)N1CCCNCC1. The van der Waals surface area contributed by atoms with Crippen LogP contribution in [0, 0.1) is 5.82 Å². The second-order valence-corrected chi connectivity index (χ2v) is 6.00. The van der Waals surface area contributed by atoms with Gasteiger partial charge in [0.25, 0.3) is 0 Å². The third-order valence-electron chi connectivity index (χ3n) is 4.50. The molecule has 2 aliphatic heterocycles. The topological polar surface area (TPSA) is 44.8 Å². The van der Waals surface area contributed by atoms with Crippen LogP contribution in [0.4, 0.5) is 4.39 Å². The van der Waals surface area contributed by atoms with Crippen LogP contribution in [0.25, 0.3) is 0 Å². The third kappa shape index (κ3) is 3.88. The zero-order chi connectivity index (χ0) is 16.1. The van der Waals surface area contributed by atoms with E-state index in [0.29, 0.717) is 38.4 Å². The Kier molecular flexibility index (Phi) is 5.59. The molecule has 2 fully saturated rings. The molecule has 1 amide bonds. The maximum Gasteiger partial charge on any atom is 0.244 e. The number of ether oxygens (including phenoxy) is 1. The van der Waals surface area contributed by atoms with Gasteiger partial charge in [0.1, 0.15) is 11.9 Å². The average molecular weight is 321 g/mol. The fraction of sp³-hybridized carbons (Fsp3) is 0.588. The molecule has 1 N–H and O–H groups in total. The molecule has 5 nitrogen and oxygen atoms in total. The van der Waals surface area contributed by atoms with Crippen molar-refractivity contribution in [1.29, 1.82) is 0 Å². The van der Waals surface area contributed by atoms with Gasteiger partial charge >= 0.3 is 0 Å². The summed E-state index contributed by atoms with van der Waals surface area (Å²) in [5.74, 6) is -0.314. The summed E-state index contributed by atoms with van der Waals surface area (Å²) in [7, 11) is 0. The van der Waals surface area contributed by atoms with Gasteiger partial charge in [0.05, 0.1) is 13.2 Å². The van der Waals surface area contributed by atoms with Gasteiger partial charge in [-0.15, -0.1) is 0 Å². The van der Waals surface area contributed by atoms with E-state index in [2.05, 4.69) is 5.32 Å². The number of nitrogens with one attached hydrogen (secondary N) is 1. The molecular weight excluding hydrogens is 297 g/mol. The monoisotopic (exact) mass is 321 g/mol. The first-order valence-electron chi connectivity index (χ1n) is 8.33. The molecule has 1 atom stereocenters. The summed E-state index contributed by atoms with van der Waals surface area (Å²) >= 11 is 0. The minimum atomic E-state index is -0.557. The summed E-state index contributed by atoms with van der Waals surface area (Å²) in [6, 6.07) is 6.06. The summed E-state index contributed by atoms with van der Waals surface area (Å²) in [6.45, 7) is 5.58. The molecule has 3 rings (SSSR count). The van der Waals surface area contributed by atoms with Crippen LogP contribution in [-0.4, -0.2) is 68.2 Å². The molecule has 6 heteroatoms. The molecule has 2 saturated heterocycles. The van der Waals surface area contributed by atoms with Gasteiger partial charge in [-0.05, 0) is 19.0 Å². The van der Waals surface area contributed by atoms with Crippen molar-refractivity contribution in [1.82, 2.24) is 15.1 Å². The van der Waals surface area contributed by atoms with Gasteiger partial charge in [-0.2, -0.15) is 0 Å². The number of rotatable bonds is 3. The van der Waals surface area contributed by atoms with Crippen LogP contribution >= 0.6 is 0 Å². The van der Waals surface area contributed by atoms with Crippen molar-refractivity contribution in [2.45, 2.75) is 12.5 Å². The Morgan fingerprint density at radius 3 is 2.70 bits per heavy atom. The number of amides is 1. The number of morpholine rings is 1. The Balaban J connectivity index is 1.87. The smallest absolute Gasteiger partial charge is 0.244 e. The average Bonchev–Trinajstić information content (AvgIpc) is 2.87. The molecule has 1 aromatic rings. The van der Waals surface area contributed by atoms with Gasteiger partial charge in [0, 0.05) is 38.3 Å². The van der Waals surface area contributed by atoms with Gasteiger partial charge in [-0.25, -0.2) is 4.39 Å². The highest BCUT2D eigenvalue weighted by atomic mass is 19.1. The van der Waals surface area contributed by atoms with Gasteiger partial charge in [0.2, 0.25) is 5.91 Å². The summed E-state index contributed by atoms with van der Waals surface area (Å²) in [6.07, 6.45) is 0.929. The number of benzene rings is 1. The van der Waals surface area contributed by atoms with Crippen molar-refractivity contribution >= 4 is 5.91 Å². The van der Waals surface area contributed by atoms with Crippen LogP contribution in [0.15, 0.2) is 24.3 Å². The Hall–Kier alpha value is -1.50. The van der Waals surface area contributed by atoms with Gasteiger partial charge in [-0.1, -0.05) is 18.2 Å². The first-order valence-corrected chi connectivity index (χ1v) is 8.33. The van der Waals surface area contributed by atoms with Crippen molar-refractivity contribution in [2.75, 3.05) is 52.5 Å². The molecule has 1 aromatic carbocycles. The van der Waals surface area contributed by atoms with Crippen LogP contribution in [0.3, 0.4) is 0 Å². The first-order chi connectivity index (χ1) is 11.3. The maximum absolute atomic E-state index is 14.4. The number of nitrogens with zero attached hydrogens (tertiary/aromatic N) is 2. The molecule has 2 aliphatic rings. The lowest BCUT2D eigenvalue weighted by Gasteiger charge is -2.36. The quantitative estimate of drug-likeness (QED) is 0.903. The number of carbonyl (C=O) groups excluding carboxylic acids is 1. The van der Waals surface area contributed by atoms with Crippen LogP contribution in [0.1, 0.15) is 18.0 Å². The lowest BCUT2D eigenvalue weighted by atomic mass is 10.0. The van der Waals surface area contributed by atoms with Gasteiger partial charge in [-0.3, -0.25) is 9.69 Å². The van der Waals surface area contributed by atoms with Crippen molar-refractivity contribution in [2.24, 2.45) is 0 Å². The van der Waals surface area contributed by atoms with Crippen molar-refractivity contribution in [3.63, 3.8) is 0 Å². The number of carbonyl (C=O) groups is 1. The highest BCUT2D eigenvalue weighted by molar-refractivity contribution is 5.83. The minimum absolute atomic E-state index is 0.000648. The molecular formula is C17H24FN3O2. The van der Waals surface area contributed by atoms with Crippen molar-refractivity contribution in [3.05, 3.63) is 35.6 Å². The Morgan fingerprint density at radius 2 is 1.91 bits per heavy atom. The summed E-state index contributed by atoms with van der Waals surface area (Å²) < 4.78 is 19.8. The lowest BCUT2D eigenvalue weighted by Crippen LogP contribution is -2.48. The highest BCUT2D eigenvalue weighted by Crippen LogP contribution is 2.26. The molecule has 0 aromatic heterocycles. The Labute approximate surface area is 136 Å². The summed E-state index contributed by atoms with van der Waals surface area (Å²) in [5, 5.41) is 3.30. The molecule has 0 bridgehead atoms. The van der Waals surface area contributed by atoms with Crippen molar-refractivity contribution in [3.8, 4) is 0 Å². The number of halogens is 1. The largest absolute Gasteiger partial charge is 0.379 e. The fourth-order valence-electron chi connectivity index (χ4n) is 3.26. The third-order valence-corrected chi connectivity index (χ3v) is 4.50. The Morgan fingerprint density at radius 1 is 1.13 bits per heavy atom. The van der Waals surface area contributed by atoms with Crippen molar-refractivity contribution < 1.29 is 13.9 Å². The molecule has 126 valence electrons. The summed E-state index contributed by atoms with van der Waals surface area (Å²) in [4.78, 5) is 17.1. The van der Waals surface area contributed by atoms with E-state index in [4.69, 9.17) is 4.74 Å². The number of hydrogen-bond donors (Lipinski definition) is 1. The molecule has 2 heterocycles. The molecule has 0 saturated carbocycles. The second-order valence-electron chi connectivity index (χ2n) is 6.00. The van der Waals surface area contributed by atoms with Crippen LogP contribution in [-0.2, 0) is 9.53 Å². The standard InChI is InChI=1S/C17H24FN3O2/c18-15-5-2-1-4-14(15)16(20-10-12-23-13-11-20)17(22)21-8-3-6-19-7-9-21/h1-2,4-5,16,19H,3,6-13H2/t16-/m1/s1. The van der Waals surface area contributed by atoms with Crippen LogP contribution in [0.2, 0.25) is 0 Å². The Bertz CT molecular complexity index is 526. The van der Waals surface area contributed by atoms with E-state index in [1.807, 2.05) is 9.80 Å². The lowest BCUT2D eigenvalue weighted by molar-refractivity contribution is -0.139. The zero-order valence-electron chi connectivity index (χ0n) is 13.3. The van der Waals surface area contributed by atoms with Crippen LogP contribution in [0.5, 0.6) is 0 Å². The minimum Gasteiger partial charge on any atom is -0.379 e. The van der Waals surface area contributed by atoms with Crippen LogP contribution < -0.4 is 5.32 Å². The normalized spacial score (nSPS) is 21.7. The first kappa shape index (κ1) is 16.4. The van der Waals surface area contributed by atoms with E-state index in [9.17, 15) is 9.18 Å². The predicted octanol–water partition coefficient (Wildman–Crippen LogP) is 1.02. The predicted molar refractivity (Wildman–Crippen MR) is 85.6 cm³/mol. The molecule has 0 unspecified atom stereocenters. The van der Waals surface area contributed by atoms with E-state index in [-0.39, 0.29) is 11.7 Å². The van der Waals surface area contributed by atoms with Gasteiger partial charge < -0.3 is 15.0 Å². The molecule has 0 radical (unpaired) electrons. The van der Waals surface area contributed by atoms with E-state index in [0.717, 1.165) is 26.1 Å². The maximum atomic E-state index is 14.4. The summed E-state index contributed by atoms with van der Waals surface area (Å²) in [5.41, 5.74) is 0.469. The number of hydrogen-bond acceptors (Lipinski definition) is 4. The molecule has 0 aliphatic carbocycles. The van der Waals surface area contributed by atoms with E-state index >= 15 is 0 Å². The molecule has 0 spiro atoms. The van der Waals surface area contributed by atoms with E-state index in [1.165, 1.54) is 6.07 Å². The van der Waals surface area contributed by atoms with E-state index < -0.39 is 6.04 Å². The fourth-order valence-corrected chi connectivity index (χ4v) is 3.26. The molecule has 23 heavy (non-hydrogen) atoms.